The summed E-state index contributed by atoms with van der Waals surface area (Å²) in [6.45, 7) is 3.41. The molecule has 40 heavy (non-hydrogen) atoms. The number of fused-ring (bicyclic) bond motifs is 2. The van der Waals surface area contributed by atoms with E-state index in [1.165, 1.54) is 6.26 Å². The molecule has 1 fully saturated rings. The van der Waals surface area contributed by atoms with E-state index >= 15 is 0 Å². The van der Waals surface area contributed by atoms with Crippen LogP contribution in [-0.2, 0) is 11.3 Å². The summed E-state index contributed by atoms with van der Waals surface area (Å²) in [6.07, 6.45) is 1.12. The van der Waals surface area contributed by atoms with Crippen molar-refractivity contribution in [3.8, 4) is 23.0 Å². The molecule has 2 aliphatic heterocycles. The Morgan fingerprint density at radius 2 is 1.80 bits per heavy atom. The lowest BCUT2D eigenvalue weighted by Gasteiger charge is -2.33. The quantitative estimate of drug-likeness (QED) is 0.323. The molecule has 1 atom stereocenters. The van der Waals surface area contributed by atoms with Crippen molar-refractivity contribution in [2.45, 2.75) is 12.6 Å². The maximum Gasteiger partial charge on any atom is 0.289 e. The predicted octanol–water partition coefficient (Wildman–Crippen LogP) is 4.16. The van der Waals surface area contributed by atoms with Crippen LogP contribution < -0.4 is 23.8 Å². The molecule has 1 saturated heterocycles. The monoisotopic (exact) mass is 545 g/mol. The number of anilines is 1. The first-order valence-corrected chi connectivity index (χ1v) is 13.2. The van der Waals surface area contributed by atoms with Crippen molar-refractivity contribution in [1.29, 1.82) is 0 Å². The topological polar surface area (TPSA) is 95.7 Å². The molecule has 2 aromatic carbocycles. The van der Waals surface area contributed by atoms with Crippen molar-refractivity contribution in [1.82, 2.24) is 9.88 Å². The minimum atomic E-state index is -0.372. The number of nitrogens with zero attached hydrogens (tertiary/aromatic N) is 3. The fourth-order valence-electron chi connectivity index (χ4n) is 5.13. The normalized spacial score (nSPS) is 16.6. The molecule has 0 bridgehead atoms. The van der Waals surface area contributed by atoms with Crippen LogP contribution >= 0.6 is 0 Å². The van der Waals surface area contributed by atoms with Crippen molar-refractivity contribution >= 4 is 22.6 Å². The van der Waals surface area contributed by atoms with E-state index in [9.17, 15) is 4.79 Å². The number of para-hydroxylation sites is 2. The van der Waals surface area contributed by atoms with Gasteiger partial charge in [-0.2, -0.15) is 0 Å². The first kappa shape index (κ1) is 25.8. The Labute approximate surface area is 231 Å². The summed E-state index contributed by atoms with van der Waals surface area (Å²) < 4.78 is 34.6. The number of rotatable bonds is 8. The average molecular weight is 546 g/mol. The lowest BCUT2D eigenvalue weighted by atomic mass is 10.1. The molecule has 0 saturated carbocycles. The van der Waals surface area contributed by atoms with Crippen LogP contribution in [-0.4, -0.2) is 75.6 Å². The van der Waals surface area contributed by atoms with E-state index in [1.807, 2.05) is 42.5 Å². The van der Waals surface area contributed by atoms with E-state index < -0.39 is 0 Å². The Morgan fingerprint density at radius 1 is 1.02 bits per heavy atom. The Hall–Kier alpha value is -4.44. The summed E-state index contributed by atoms with van der Waals surface area (Å²) in [4.78, 5) is 22.7. The number of pyridine rings is 1. The van der Waals surface area contributed by atoms with Crippen LogP contribution in [0.3, 0.4) is 0 Å². The summed E-state index contributed by atoms with van der Waals surface area (Å²) >= 11 is 0. The maximum atomic E-state index is 13.7. The van der Waals surface area contributed by atoms with E-state index in [1.54, 1.807) is 31.3 Å². The summed E-state index contributed by atoms with van der Waals surface area (Å²) in [5, 5.41) is 0.797. The minimum absolute atomic E-state index is 0.248. The van der Waals surface area contributed by atoms with Gasteiger partial charge in [0, 0.05) is 30.6 Å². The molecule has 1 amide bonds. The van der Waals surface area contributed by atoms with Gasteiger partial charge in [-0.1, -0.05) is 12.1 Å². The molecule has 10 nitrogen and oxygen atoms in total. The number of ether oxygens (including phenoxy) is 5. The lowest BCUT2D eigenvalue weighted by Crippen LogP contribution is -2.44. The zero-order chi connectivity index (χ0) is 27.5. The second-order valence-corrected chi connectivity index (χ2v) is 9.60. The lowest BCUT2D eigenvalue weighted by molar-refractivity contribution is 0.0424. The smallest absolute Gasteiger partial charge is 0.289 e. The van der Waals surface area contributed by atoms with Crippen LogP contribution in [0.2, 0.25) is 0 Å². The highest BCUT2D eigenvalue weighted by atomic mass is 16.6. The van der Waals surface area contributed by atoms with Gasteiger partial charge in [0.1, 0.15) is 29.4 Å². The summed E-state index contributed by atoms with van der Waals surface area (Å²) in [6, 6.07) is 16.6. The average Bonchev–Trinajstić information content (AvgIpc) is 3.55. The van der Waals surface area contributed by atoms with Gasteiger partial charge in [-0.05, 0) is 42.5 Å². The molecular formula is C30H31N3O7. The van der Waals surface area contributed by atoms with Gasteiger partial charge in [-0.15, -0.1) is 0 Å². The van der Waals surface area contributed by atoms with Gasteiger partial charge < -0.3 is 37.9 Å². The van der Waals surface area contributed by atoms with Gasteiger partial charge in [0.15, 0.2) is 23.4 Å². The molecule has 2 aromatic heterocycles. The van der Waals surface area contributed by atoms with Crippen LogP contribution in [0.1, 0.15) is 16.1 Å². The molecule has 0 radical (unpaired) electrons. The Morgan fingerprint density at radius 3 is 2.55 bits per heavy atom. The Bertz CT molecular complexity index is 1480. The van der Waals surface area contributed by atoms with Gasteiger partial charge in [0.2, 0.25) is 0 Å². The molecule has 208 valence electrons. The van der Waals surface area contributed by atoms with Crippen molar-refractivity contribution in [2.24, 2.45) is 0 Å². The third kappa shape index (κ3) is 5.10. The first-order valence-electron chi connectivity index (χ1n) is 13.2. The third-order valence-electron chi connectivity index (χ3n) is 7.09. The molecule has 0 spiro atoms. The molecule has 1 unspecified atom stereocenters. The molecule has 10 heteroatoms. The van der Waals surface area contributed by atoms with E-state index in [2.05, 4.69) is 4.90 Å². The van der Waals surface area contributed by atoms with Gasteiger partial charge in [0.25, 0.3) is 5.91 Å². The fourth-order valence-corrected chi connectivity index (χ4v) is 5.13. The molecule has 2 aliphatic rings. The zero-order valence-corrected chi connectivity index (χ0v) is 22.5. The number of carbonyl (C=O) groups excluding carboxylic acids is 1. The second-order valence-electron chi connectivity index (χ2n) is 9.60. The van der Waals surface area contributed by atoms with Crippen molar-refractivity contribution in [2.75, 3.05) is 58.6 Å². The van der Waals surface area contributed by atoms with E-state index in [-0.39, 0.29) is 30.9 Å². The van der Waals surface area contributed by atoms with Gasteiger partial charge in [-0.25, -0.2) is 4.98 Å². The number of methoxy groups -OCH3 is 2. The number of aromatic nitrogens is 1. The van der Waals surface area contributed by atoms with Crippen molar-refractivity contribution in [3.05, 3.63) is 72.2 Å². The molecule has 0 N–H and O–H groups in total. The molecule has 0 aliphatic carbocycles. The highest BCUT2D eigenvalue weighted by molar-refractivity contribution is 5.93. The number of hydrogen-bond acceptors (Lipinski definition) is 9. The number of morpholine rings is 1. The van der Waals surface area contributed by atoms with Crippen LogP contribution in [0, 0.1) is 0 Å². The second kappa shape index (κ2) is 11.4. The van der Waals surface area contributed by atoms with Gasteiger partial charge in [0.05, 0.1) is 40.2 Å². The van der Waals surface area contributed by atoms with Crippen LogP contribution in [0.5, 0.6) is 23.0 Å². The number of furan rings is 1. The largest absolute Gasteiger partial charge is 0.496 e. The minimum Gasteiger partial charge on any atom is -0.496 e. The zero-order valence-electron chi connectivity index (χ0n) is 22.5. The highest BCUT2D eigenvalue weighted by Crippen LogP contribution is 2.37. The van der Waals surface area contributed by atoms with E-state index in [0.717, 1.165) is 16.8 Å². The van der Waals surface area contributed by atoms with Crippen LogP contribution in [0.25, 0.3) is 10.9 Å². The number of benzene rings is 2. The number of hydrogen-bond donors (Lipinski definition) is 0. The summed E-state index contributed by atoms with van der Waals surface area (Å²) in [7, 11) is 3.25. The third-order valence-corrected chi connectivity index (χ3v) is 7.09. The van der Waals surface area contributed by atoms with Crippen molar-refractivity contribution in [3.63, 3.8) is 0 Å². The Kier molecular flexibility index (Phi) is 7.33. The molecule has 6 rings (SSSR count). The fraction of sp³-hybridized carbons (Fsp3) is 0.333. The van der Waals surface area contributed by atoms with E-state index in [0.29, 0.717) is 61.4 Å². The van der Waals surface area contributed by atoms with Crippen LogP contribution in [0.15, 0.2) is 65.3 Å². The van der Waals surface area contributed by atoms with Gasteiger partial charge >= 0.3 is 0 Å². The van der Waals surface area contributed by atoms with Gasteiger partial charge in [-0.3, -0.25) is 4.79 Å². The molecular weight excluding hydrogens is 514 g/mol. The highest BCUT2D eigenvalue weighted by Gasteiger charge is 2.29. The van der Waals surface area contributed by atoms with Crippen LogP contribution in [0.4, 0.5) is 5.82 Å². The Balaban J connectivity index is 1.40. The summed E-state index contributed by atoms with van der Waals surface area (Å²) in [5.41, 5.74) is 1.55. The van der Waals surface area contributed by atoms with Crippen molar-refractivity contribution < 1.29 is 32.9 Å². The molecule has 4 aromatic rings. The predicted molar refractivity (Wildman–Crippen MR) is 148 cm³/mol. The molecule has 4 heterocycles. The maximum absolute atomic E-state index is 13.7. The standard InChI is InChI=1S/C30H31N3O7/c1-35-23-9-10-26(36-2)28-22(23)16-20(29(31-28)32-11-14-37-15-12-32)17-33(30(34)27-8-5-13-38-27)18-21-19-39-24-6-3-4-7-25(24)40-21/h3-10,13,16,21H,11-12,14-15,17-19H2,1-2H3. The summed E-state index contributed by atoms with van der Waals surface area (Å²) in [5.74, 6) is 3.43. The first-order chi connectivity index (χ1) is 19.6. The van der Waals surface area contributed by atoms with E-state index in [4.69, 9.17) is 33.1 Å². The SMILES string of the molecule is COc1ccc(OC)c2nc(N3CCOCC3)c(CN(CC3COc4ccccc4O3)C(=O)c3ccco3)cc12. The number of carbonyl (C=O) groups is 1. The number of amides is 1.